The number of urea groups is 1. The summed E-state index contributed by atoms with van der Waals surface area (Å²) in [7, 11) is 0. The number of rotatable bonds is 6. The fraction of sp³-hybridized carbons (Fsp3) is 0.435. The second-order valence-corrected chi connectivity index (χ2v) is 8.53. The summed E-state index contributed by atoms with van der Waals surface area (Å²) in [6, 6.07) is 10.8. The SMILES string of the molecule is CC1CCC2(CC1)NC(=O)N(NC(=O)COC(=O)CCc1ccc3ccccc3n1)C2=O. The molecule has 1 saturated heterocycles. The van der Waals surface area contributed by atoms with Gasteiger partial charge in [0, 0.05) is 17.5 Å². The van der Waals surface area contributed by atoms with E-state index in [2.05, 4.69) is 22.7 Å². The number of aromatic nitrogens is 1. The standard InChI is InChI=1S/C23H26N4O5/c1-15-10-12-23(13-11-15)21(30)27(22(31)25-23)26-19(28)14-32-20(29)9-8-17-7-6-16-4-2-3-5-18(16)24-17/h2-7,15H,8-14H2,1H3,(H,25,31)(H,26,28). The predicted octanol–water partition coefficient (Wildman–Crippen LogP) is 2.24. The Kier molecular flexibility index (Phi) is 6.07. The average molecular weight is 438 g/mol. The Bertz CT molecular complexity index is 1060. The van der Waals surface area contributed by atoms with Gasteiger partial charge >= 0.3 is 12.0 Å². The summed E-state index contributed by atoms with van der Waals surface area (Å²) in [6.45, 7) is 1.53. The summed E-state index contributed by atoms with van der Waals surface area (Å²) in [4.78, 5) is 53.7. The van der Waals surface area contributed by atoms with Crippen LogP contribution in [0.3, 0.4) is 0 Å². The Hall–Kier alpha value is -3.49. The van der Waals surface area contributed by atoms with Crippen LogP contribution < -0.4 is 10.7 Å². The van der Waals surface area contributed by atoms with Crippen LogP contribution in [0.5, 0.6) is 0 Å². The summed E-state index contributed by atoms with van der Waals surface area (Å²) in [5.41, 5.74) is 2.90. The summed E-state index contributed by atoms with van der Waals surface area (Å²) in [6.07, 6.45) is 3.18. The molecule has 2 N–H and O–H groups in total. The van der Waals surface area contributed by atoms with Crippen molar-refractivity contribution >= 4 is 34.7 Å². The molecule has 9 nitrogen and oxygen atoms in total. The van der Waals surface area contributed by atoms with Crippen LogP contribution in [0, 0.1) is 5.92 Å². The minimum Gasteiger partial charge on any atom is -0.455 e. The zero-order valence-electron chi connectivity index (χ0n) is 17.9. The molecule has 1 aromatic heterocycles. The van der Waals surface area contributed by atoms with Crippen molar-refractivity contribution in [2.45, 2.75) is 51.0 Å². The van der Waals surface area contributed by atoms with Gasteiger partial charge < -0.3 is 10.1 Å². The maximum atomic E-state index is 12.7. The van der Waals surface area contributed by atoms with Crippen LogP contribution in [0.15, 0.2) is 36.4 Å². The number of benzene rings is 1. The number of pyridine rings is 1. The minimum atomic E-state index is -0.944. The number of carbonyl (C=O) groups excluding carboxylic acids is 4. The topological polar surface area (TPSA) is 118 Å². The second-order valence-electron chi connectivity index (χ2n) is 8.53. The molecule has 0 unspecified atom stereocenters. The van der Waals surface area contributed by atoms with E-state index in [4.69, 9.17) is 4.74 Å². The molecule has 1 aliphatic heterocycles. The number of fused-ring (bicyclic) bond motifs is 1. The number of para-hydroxylation sites is 1. The van der Waals surface area contributed by atoms with Gasteiger partial charge in [0.25, 0.3) is 11.8 Å². The molecule has 168 valence electrons. The molecule has 2 heterocycles. The van der Waals surface area contributed by atoms with E-state index < -0.39 is 36.0 Å². The third-order valence-electron chi connectivity index (χ3n) is 6.13. The van der Waals surface area contributed by atoms with E-state index in [0.717, 1.165) is 29.4 Å². The Morgan fingerprint density at radius 2 is 1.94 bits per heavy atom. The molecule has 0 atom stereocenters. The number of nitrogens with one attached hydrogen (secondary N) is 2. The van der Waals surface area contributed by atoms with Gasteiger partial charge in [0.15, 0.2) is 6.61 Å². The maximum Gasteiger partial charge on any atom is 0.344 e. The van der Waals surface area contributed by atoms with Crippen molar-refractivity contribution in [3.05, 3.63) is 42.1 Å². The van der Waals surface area contributed by atoms with Gasteiger partial charge in [0.1, 0.15) is 5.54 Å². The maximum absolute atomic E-state index is 12.7. The van der Waals surface area contributed by atoms with Crippen LogP contribution in [-0.2, 0) is 25.5 Å². The molecule has 2 fully saturated rings. The molecule has 0 bridgehead atoms. The van der Waals surface area contributed by atoms with Crippen molar-refractivity contribution in [2.24, 2.45) is 5.92 Å². The minimum absolute atomic E-state index is 0.0586. The second kappa shape index (κ2) is 8.94. The number of amides is 4. The summed E-state index contributed by atoms with van der Waals surface area (Å²) < 4.78 is 5.00. The molecule has 1 saturated carbocycles. The number of hydrogen-bond donors (Lipinski definition) is 2. The van der Waals surface area contributed by atoms with E-state index in [9.17, 15) is 19.2 Å². The lowest BCUT2D eigenvalue weighted by Crippen LogP contribution is -2.52. The molecule has 2 aliphatic rings. The van der Waals surface area contributed by atoms with Crippen LogP contribution in [0.25, 0.3) is 10.9 Å². The van der Waals surface area contributed by atoms with Crippen LogP contribution in [-0.4, -0.2) is 46.0 Å². The van der Waals surface area contributed by atoms with Crippen molar-refractivity contribution < 1.29 is 23.9 Å². The first kappa shape index (κ1) is 21.7. The highest BCUT2D eigenvalue weighted by Crippen LogP contribution is 2.35. The Morgan fingerprint density at radius 1 is 1.19 bits per heavy atom. The summed E-state index contributed by atoms with van der Waals surface area (Å²) in [5, 5.41) is 4.43. The number of carbonyl (C=O) groups is 4. The predicted molar refractivity (Wildman–Crippen MR) is 115 cm³/mol. The molecule has 4 rings (SSSR count). The lowest BCUT2D eigenvalue weighted by molar-refractivity contribution is -0.150. The van der Waals surface area contributed by atoms with Gasteiger partial charge in [-0.2, -0.15) is 5.01 Å². The first-order valence-electron chi connectivity index (χ1n) is 10.8. The number of esters is 1. The zero-order chi connectivity index (χ0) is 22.7. The van der Waals surface area contributed by atoms with Crippen LogP contribution in [0.2, 0.25) is 0 Å². The molecule has 1 aromatic carbocycles. The van der Waals surface area contributed by atoms with Gasteiger partial charge in [-0.05, 0) is 43.7 Å². The van der Waals surface area contributed by atoms with E-state index in [-0.39, 0.29) is 6.42 Å². The smallest absolute Gasteiger partial charge is 0.344 e. The van der Waals surface area contributed by atoms with E-state index >= 15 is 0 Å². The van der Waals surface area contributed by atoms with Crippen LogP contribution >= 0.6 is 0 Å². The van der Waals surface area contributed by atoms with Crippen molar-refractivity contribution in [3.8, 4) is 0 Å². The largest absolute Gasteiger partial charge is 0.455 e. The van der Waals surface area contributed by atoms with Gasteiger partial charge in [0.05, 0.1) is 11.9 Å². The van der Waals surface area contributed by atoms with Gasteiger partial charge in [-0.15, -0.1) is 0 Å². The quantitative estimate of drug-likeness (QED) is 0.528. The van der Waals surface area contributed by atoms with Crippen molar-refractivity contribution in [1.82, 2.24) is 20.7 Å². The van der Waals surface area contributed by atoms with Gasteiger partial charge in [0.2, 0.25) is 0 Å². The summed E-state index contributed by atoms with van der Waals surface area (Å²) in [5.74, 6) is -1.27. The van der Waals surface area contributed by atoms with Crippen LogP contribution in [0.1, 0.15) is 44.7 Å². The highest BCUT2D eigenvalue weighted by molar-refractivity contribution is 6.08. The molecule has 1 aliphatic carbocycles. The molecule has 2 aromatic rings. The Balaban J connectivity index is 1.24. The molecule has 4 amide bonds. The number of hydrogen-bond acceptors (Lipinski definition) is 6. The van der Waals surface area contributed by atoms with Crippen molar-refractivity contribution in [2.75, 3.05) is 6.61 Å². The van der Waals surface area contributed by atoms with E-state index in [0.29, 0.717) is 30.2 Å². The molecule has 9 heteroatoms. The van der Waals surface area contributed by atoms with Crippen molar-refractivity contribution in [3.63, 3.8) is 0 Å². The van der Waals surface area contributed by atoms with Crippen molar-refractivity contribution in [1.29, 1.82) is 0 Å². The highest BCUT2D eigenvalue weighted by atomic mass is 16.5. The fourth-order valence-electron chi connectivity index (χ4n) is 4.17. The Labute approximate surface area is 185 Å². The first-order chi connectivity index (χ1) is 15.4. The van der Waals surface area contributed by atoms with Crippen LogP contribution in [0.4, 0.5) is 4.79 Å². The lowest BCUT2D eigenvalue weighted by Gasteiger charge is -2.33. The van der Waals surface area contributed by atoms with E-state index in [1.807, 2.05) is 36.4 Å². The number of imide groups is 1. The fourth-order valence-corrected chi connectivity index (χ4v) is 4.17. The normalized spacial score (nSPS) is 22.8. The molecule has 1 spiro atoms. The third-order valence-corrected chi connectivity index (χ3v) is 6.13. The number of aryl methyl sites for hydroxylation is 1. The van der Waals surface area contributed by atoms with E-state index in [1.54, 1.807) is 0 Å². The van der Waals surface area contributed by atoms with Gasteiger partial charge in [-0.1, -0.05) is 31.2 Å². The third kappa shape index (κ3) is 4.56. The van der Waals surface area contributed by atoms with E-state index in [1.165, 1.54) is 0 Å². The average Bonchev–Trinajstić information content (AvgIpc) is 3.02. The molecular formula is C23H26N4O5. The number of hydrazine groups is 1. The molecular weight excluding hydrogens is 412 g/mol. The van der Waals surface area contributed by atoms with Gasteiger partial charge in [-0.3, -0.25) is 24.8 Å². The monoisotopic (exact) mass is 438 g/mol. The summed E-state index contributed by atoms with van der Waals surface area (Å²) >= 11 is 0. The zero-order valence-corrected chi connectivity index (χ0v) is 17.9. The van der Waals surface area contributed by atoms with Gasteiger partial charge in [-0.25, -0.2) is 4.79 Å². The lowest BCUT2D eigenvalue weighted by atomic mass is 9.77. The number of ether oxygens (including phenoxy) is 1. The molecule has 0 radical (unpaired) electrons. The first-order valence-corrected chi connectivity index (χ1v) is 10.8. The highest BCUT2D eigenvalue weighted by Gasteiger charge is 2.52. The number of nitrogens with zero attached hydrogens (tertiary/aromatic N) is 2. The molecule has 32 heavy (non-hydrogen) atoms. The Morgan fingerprint density at radius 3 is 2.72 bits per heavy atom.